The summed E-state index contributed by atoms with van der Waals surface area (Å²) in [7, 11) is 2.89. The van der Waals surface area contributed by atoms with E-state index in [9.17, 15) is 0 Å². The Kier molecular flexibility index (Phi) is 27.5. The Balaban J connectivity index is -0.000000127. The maximum absolute atomic E-state index is 7.00. The maximum atomic E-state index is 7.00. The second-order valence-corrected chi connectivity index (χ2v) is 8.33. The summed E-state index contributed by atoms with van der Waals surface area (Å²) in [5.41, 5.74) is 5.98. The minimum absolute atomic E-state index is 0.438. The van der Waals surface area contributed by atoms with Crippen molar-refractivity contribution in [2.45, 2.75) is 74.7 Å². The summed E-state index contributed by atoms with van der Waals surface area (Å²) in [6.45, 7) is 19.1. The molecule has 0 saturated carbocycles. The molecule has 0 aromatic rings. The molecule has 0 unspecified atom stereocenters. The zero-order chi connectivity index (χ0) is 19.5. The molecule has 4 N–H and O–H groups in total. The predicted molar refractivity (Wildman–Crippen MR) is 101 cm³/mol. The Morgan fingerprint density at radius 1 is 1.09 bits per heavy atom. The molecule has 0 rings (SSSR count). The first-order valence-electron chi connectivity index (χ1n) is 8.37. The van der Waals surface area contributed by atoms with E-state index in [2.05, 4.69) is 70.8 Å². The van der Waals surface area contributed by atoms with Crippen molar-refractivity contribution in [3.8, 4) is 0 Å². The second-order valence-electron chi connectivity index (χ2n) is 7.23. The van der Waals surface area contributed by atoms with Crippen molar-refractivity contribution < 1.29 is 26.8 Å². The van der Waals surface area contributed by atoms with E-state index < -0.39 is 0 Å². The fourth-order valence-electron chi connectivity index (χ4n) is 0.699. The van der Waals surface area contributed by atoms with Crippen molar-refractivity contribution in [2.75, 3.05) is 27.5 Å². The van der Waals surface area contributed by atoms with Crippen LogP contribution in [0.5, 0.6) is 0 Å². The average molecular weight is 372 g/mol. The van der Waals surface area contributed by atoms with Gasteiger partial charge in [0.1, 0.15) is 0 Å². The Labute approximate surface area is 155 Å². The van der Waals surface area contributed by atoms with Crippen LogP contribution in [-0.4, -0.2) is 37.0 Å². The van der Waals surface area contributed by atoms with Crippen molar-refractivity contribution in [3.63, 3.8) is 0 Å². The summed E-state index contributed by atoms with van der Waals surface area (Å²) in [5.74, 6) is 0. The summed E-state index contributed by atoms with van der Waals surface area (Å²) in [6.07, 6.45) is 3.63. The van der Waals surface area contributed by atoms with Gasteiger partial charge in [-0.05, 0) is 24.3 Å². The van der Waals surface area contributed by atoms with Gasteiger partial charge >= 0.3 is 34.0 Å². The molecule has 5 heteroatoms. The third kappa shape index (κ3) is 52.0. The third-order valence-electron chi connectivity index (χ3n) is 3.19. The molecule has 0 aliphatic rings. The number of nitrogens with one attached hydrogen (secondary N) is 1. The van der Waals surface area contributed by atoms with E-state index in [0.29, 0.717) is 17.6 Å². The van der Waals surface area contributed by atoms with Gasteiger partial charge in [-0.3, -0.25) is 5.32 Å². The molecule has 0 radical (unpaired) electrons. The summed E-state index contributed by atoms with van der Waals surface area (Å²) >= 11 is 2.23. The van der Waals surface area contributed by atoms with Gasteiger partial charge in [0, 0.05) is 13.7 Å². The normalized spacial score (nSPS) is 10.2. The predicted octanol–water partition coefficient (Wildman–Crippen LogP) is 3.70. The van der Waals surface area contributed by atoms with E-state index >= 15 is 0 Å². The summed E-state index contributed by atoms with van der Waals surface area (Å²) in [4.78, 5) is 0. The van der Waals surface area contributed by atoms with Crippen molar-refractivity contribution in [2.24, 2.45) is 16.6 Å². The molecule has 0 amide bonds. The van der Waals surface area contributed by atoms with Crippen LogP contribution >= 0.6 is 0 Å². The summed E-state index contributed by atoms with van der Waals surface area (Å²) < 4.78 is 6.16. The first kappa shape index (κ1) is 31.1. The molecular formula is C18H44N2O2V. The quantitative estimate of drug-likeness (QED) is 0.492. The number of rotatable bonds is 6. The van der Waals surface area contributed by atoms with Crippen LogP contribution in [0.25, 0.3) is 0 Å². The van der Waals surface area contributed by atoms with Gasteiger partial charge in [-0.2, -0.15) is 0 Å². The molecule has 0 aliphatic carbocycles. The molecule has 0 fully saturated rings. The van der Waals surface area contributed by atoms with Crippen LogP contribution in [0.4, 0.5) is 0 Å². The van der Waals surface area contributed by atoms with E-state index in [-0.39, 0.29) is 0 Å². The molecule has 0 spiro atoms. The van der Waals surface area contributed by atoms with Crippen molar-refractivity contribution in [1.29, 1.82) is 0 Å². The van der Waals surface area contributed by atoms with Crippen LogP contribution < -0.4 is 11.1 Å². The molecule has 23 heavy (non-hydrogen) atoms. The topological polar surface area (TPSA) is 67.5 Å². The van der Waals surface area contributed by atoms with Crippen molar-refractivity contribution in [1.82, 2.24) is 5.32 Å². The second kappa shape index (κ2) is 20.3. The molecular weight excluding hydrogens is 327 g/mol. The molecule has 143 valence electrons. The van der Waals surface area contributed by atoms with E-state index in [1.165, 1.54) is 12.8 Å². The summed E-state index contributed by atoms with van der Waals surface area (Å²) in [5, 5.41) is 9.95. The van der Waals surface area contributed by atoms with E-state index in [0.717, 1.165) is 24.5 Å². The first-order chi connectivity index (χ1) is 10.4. The Morgan fingerprint density at radius 3 is 1.65 bits per heavy atom. The van der Waals surface area contributed by atoms with Crippen LogP contribution in [0.1, 0.15) is 74.7 Å². The molecule has 0 aromatic heterocycles. The standard InChI is InChI=1S/C9H21NO.C6H14.C2H5N.CH4O.V/c1-5-9(2,3)6-7-11-8-10-4;1-5-6(2,3)4;1-2-3;1-2;/h10H,5-8H2,1-4H3;5H2,1-4H3;3H2,1H3;2H,1H3;. The van der Waals surface area contributed by atoms with Crippen LogP contribution in [0.3, 0.4) is 0 Å². The van der Waals surface area contributed by atoms with Crippen molar-refractivity contribution >= 4 is 4.35 Å². The fraction of sp³-hybridized carbons (Fsp3) is 0.944. The van der Waals surface area contributed by atoms with Crippen LogP contribution in [0.2, 0.25) is 0 Å². The van der Waals surface area contributed by atoms with Gasteiger partial charge in [-0.25, -0.2) is 0 Å². The SMILES string of the molecule is CCC(C)(C)C.CCC(C)(C)CCOCNC.CO.C[C](N)=[V]. The molecule has 4 nitrogen and oxygen atoms in total. The Morgan fingerprint density at radius 2 is 1.43 bits per heavy atom. The van der Waals surface area contributed by atoms with Crippen LogP contribution in [0, 0.1) is 10.8 Å². The molecule has 0 heterocycles. The van der Waals surface area contributed by atoms with Crippen LogP contribution in [0.15, 0.2) is 0 Å². The van der Waals surface area contributed by atoms with Gasteiger partial charge in [0.2, 0.25) is 0 Å². The van der Waals surface area contributed by atoms with Crippen LogP contribution in [-0.2, 0) is 21.7 Å². The molecule has 0 atom stereocenters. The van der Waals surface area contributed by atoms with Gasteiger partial charge in [0.15, 0.2) is 0 Å². The molecule has 0 aromatic carbocycles. The third-order valence-corrected chi connectivity index (χ3v) is 3.19. The van der Waals surface area contributed by atoms with Gasteiger partial charge in [0.05, 0.1) is 6.73 Å². The number of ether oxygens (including phenoxy) is 1. The van der Waals surface area contributed by atoms with Gasteiger partial charge < -0.3 is 9.84 Å². The number of aliphatic hydroxyl groups excluding tert-OH is 1. The average Bonchev–Trinajstić information content (AvgIpc) is 2.45. The Hall–Kier alpha value is 0.294. The number of hydrogen-bond acceptors (Lipinski definition) is 4. The van der Waals surface area contributed by atoms with Gasteiger partial charge in [0.25, 0.3) is 0 Å². The van der Waals surface area contributed by atoms with Gasteiger partial charge in [-0.15, -0.1) is 0 Å². The summed E-state index contributed by atoms with van der Waals surface area (Å²) in [6, 6.07) is 0. The van der Waals surface area contributed by atoms with E-state index in [1.807, 2.05) is 14.0 Å². The zero-order valence-corrected chi connectivity index (χ0v) is 18.8. The van der Waals surface area contributed by atoms with E-state index in [1.54, 1.807) is 0 Å². The number of nitrogens with two attached hydrogens (primary N) is 1. The molecule has 0 saturated heterocycles. The zero-order valence-electron chi connectivity index (χ0n) is 17.4. The van der Waals surface area contributed by atoms with Crippen molar-refractivity contribution in [3.05, 3.63) is 0 Å². The molecule has 0 aliphatic heterocycles. The van der Waals surface area contributed by atoms with E-state index in [4.69, 9.17) is 15.6 Å². The number of hydrogen-bond donors (Lipinski definition) is 3. The number of aliphatic hydroxyl groups is 1. The fourth-order valence-corrected chi connectivity index (χ4v) is 0.699. The first-order valence-corrected chi connectivity index (χ1v) is 9.06. The molecule has 0 bridgehead atoms. The Bertz CT molecular complexity index is 236. The minimum atomic E-state index is 0.438. The monoisotopic (exact) mass is 371 g/mol. The van der Waals surface area contributed by atoms with Gasteiger partial charge in [-0.1, -0.05) is 61.3 Å².